The number of carboxylic acid groups (broad SMARTS) is 1. The van der Waals surface area contributed by atoms with Gasteiger partial charge in [0, 0.05) is 49.6 Å². The number of nitrogens with zero attached hydrogens (tertiary/aromatic N) is 2. The van der Waals surface area contributed by atoms with Gasteiger partial charge in [-0.25, -0.2) is 4.39 Å². The van der Waals surface area contributed by atoms with Crippen LogP contribution in [0.3, 0.4) is 0 Å². The molecule has 0 saturated heterocycles. The smallest absolute Gasteiger partial charge is 0.320 e. The first kappa shape index (κ1) is 24.2. The lowest BCUT2D eigenvalue weighted by molar-refractivity contribution is -0.139. The summed E-state index contributed by atoms with van der Waals surface area (Å²) in [5.41, 5.74) is 9.62. The third-order valence-corrected chi connectivity index (χ3v) is 5.97. The van der Waals surface area contributed by atoms with Crippen LogP contribution in [0.2, 0.25) is 0 Å². The minimum Gasteiger partial charge on any atom is -0.487 e. The van der Waals surface area contributed by atoms with Gasteiger partial charge < -0.3 is 31.1 Å². The number of anilines is 1. The summed E-state index contributed by atoms with van der Waals surface area (Å²) in [6, 6.07) is 9.07. The summed E-state index contributed by atoms with van der Waals surface area (Å²) in [6.45, 7) is 1.07. The van der Waals surface area contributed by atoms with Crippen molar-refractivity contribution in [2.75, 3.05) is 26.0 Å². The Morgan fingerprint density at radius 1 is 1.29 bits per heavy atom. The number of halogens is 1. The lowest BCUT2D eigenvalue weighted by Crippen LogP contribution is -2.36. The van der Waals surface area contributed by atoms with E-state index in [1.807, 2.05) is 18.2 Å². The zero-order valence-corrected chi connectivity index (χ0v) is 19.6. The van der Waals surface area contributed by atoms with Crippen LogP contribution in [0.1, 0.15) is 35.1 Å². The molecule has 0 saturated carbocycles. The van der Waals surface area contributed by atoms with Gasteiger partial charge in [0.2, 0.25) is 0 Å². The maximum Gasteiger partial charge on any atom is 0.320 e. The molecule has 1 atom stereocenters. The van der Waals surface area contributed by atoms with Gasteiger partial charge in [-0.1, -0.05) is 18.2 Å². The Kier molecular flexibility index (Phi) is 7.02. The number of carbonyl (C=O) groups excluding carboxylic acids is 1. The molecule has 0 bridgehead atoms. The van der Waals surface area contributed by atoms with Crippen molar-refractivity contribution in [3.05, 3.63) is 64.5 Å². The molecule has 2 aromatic carbocycles. The quantitative estimate of drug-likeness (QED) is 0.197. The Morgan fingerprint density at radius 3 is 2.83 bits per heavy atom. The number of guanidine groups is 1. The van der Waals surface area contributed by atoms with Gasteiger partial charge in [0.25, 0.3) is 5.91 Å². The average molecular weight is 482 g/mol. The van der Waals surface area contributed by atoms with E-state index in [0.29, 0.717) is 54.5 Å². The van der Waals surface area contributed by atoms with Crippen molar-refractivity contribution in [3.8, 4) is 0 Å². The van der Waals surface area contributed by atoms with E-state index in [4.69, 9.17) is 10.5 Å². The van der Waals surface area contributed by atoms with Gasteiger partial charge in [-0.15, -0.1) is 0 Å². The number of carboxylic acids is 1. The lowest BCUT2D eigenvalue weighted by Gasteiger charge is -2.15. The molecular formula is C25H28FN5O4. The molecule has 1 amide bonds. The Labute approximate surface area is 202 Å². The number of amides is 1. The minimum atomic E-state index is -0.927. The van der Waals surface area contributed by atoms with Crippen LogP contribution in [0.5, 0.6) is 0 Å². The molecule has 9 nitrogen and oxygen atoms in total. The maximum absolute atomic E-state index is 13.8. The van der Waals surface area contributed by atoms with Crippen molar-refractivity contribution in [2.45, 2.75) is 32.0 Å². The largest absolute Gasteiger partial charge is 0.487 e. The van der Waals surface area contributed by atoms with E-state index >= 15 is 0 Å². The Hall–Kier alpha value is -3.92. The monoisotopic (exact) mass is 481 g/mol. The summed E-state index contributed by atoms with van der Waals surface area (Å²) < 4.78 is 19.7. The highest BCUT2D eigenvalue weighted by Crippen LogP contribution is 2.41. The molecule has 2 aliphatic rings. The number of fused-ring (bicyclic) bond motifs is 2. The van der Waals surface area contributed by atoms with E-state index in [2.05, 4.69) is 15.6 Å². The van der Waals surface area contributed by atoms with Crippen LogP contribution in [-0.4, -0.2) is 54.5 Å². The van der Waals surface area contributed by atoms with Crippen LogP contribution in [-0.2, 0) is 27.5 Å². The van der Waals surface area contributed by atoms with Gasteiger partial charge in [-0.3, -0.25) is 14.6 Å². The van der Waals surface area contributed by atoms with Crippen LogP contribution in [0, 0.1) is 5.82 Å². The topological polar surface area (TPSA) is 129 Å². The summed E-state index contributed by atoms with van der Waals surface area (Å²) in [7, 11) is 3.59. The predicted octanol–water partition coefficient (Wildman–Crippen LogP) is 2.38. The molecule has 0 fully saturated rings. The molecule has 0 aromatic heterocycles. The van der Waals surface area contributed by atoms with Gasteiger partial charge in [0.15, 0.2) is 5.96 Å². The molecule has 35 heavy (non-hydrogen) atoms. The molecule has 2 aromatic rings. The number of rotatable bonds is 8. The number of hydrogen-bond donors (Lipinski definition) is 4. The molecule has 184 valence electrons. The van der Waals surface area contributed by atoms with Crippen molar-refractivity contribution in [1.29, 1.82) is 0 Å². The number of aliphatic imine (C=N–C) groups is 1. The highest BCUT2D eigenvalue weighted by atomic mass is 19.1. The molecule has 0 unspecified atom stereocenters. The first-order valence-corrected chi connectivity index (χ1v) is 11.3. The van der Waals surface area contributed by atoms with E-state index in [0.717, 1.165) is 16.7 Å². The highest BCUT2D eigenvalue weighted by Gasteiger charge is 2.32. The maximum atomic E-state index is 13.8. The minimum absolute atomic E-state index is 0.271. The molecular weight excluding hydrogens is 453 g/mol. The number of carbonyl (C=O) groups is 2. The fourth-order valence-electron chi connectivity index (χ4n) is 4.08. The zero-order chi connectivity index (χ0) is 25.1. The summed E-state index contributed by atoms with van der Waals surface area (Å²) in [6.07, 6.45) is 0.993. The fourth-order valence-corrected chi connectivity index (χ4v) is 4.08. The van der Waals surface area contributed by atoms with Crippen molar-refractivity contribution < 1.29 is 23.8 Å². The number of aliphatic carboxylic acids is 1. The molecule has 0 aliphatic carbocycles. The predicted molar refractivity (Wildman–Crippen MR) is 131 cm³/mol. The van der Waals surface area contributed by atoms with E-state index in [1.54, 1.807) is 19.0 Å². The van der Waals surface area contributed by atoms with Crippen molar-refractivity contribution >= 4 is 34.9 Å². The molecule has 0 spiro atoms. The molecule has 4 rings (SSSR count). The first-order valence-electron chi connectivity index (χ1n) is 11.3. The van der Waals surface area contributed by atoms with Gasteiger partial charge in [-0.2, -0.15) is 0 Å². The third kappa shape index (κ3) is 5.27. The van der Waals surface area contributed by atoms with Gasteiger partial charge >= 0.3 is 5.97 Å². The Balaban J connectivity index is 1.44. The van der Waals surface area contributed by atoms with Gasteiger partial charge in [0.1, 0.15) is 24.2 Å². The molecule has 0 radical (unpaired) electrons. The fraction of sp³-hybridized carbons (Fsp3) is 0.320. The Bertz CT molecular complexity index is 1220. The SMILES string of the molecule is CN(C)C(N)=NCCC[C@H](NCc1ccc2c(c1)CO/C2=C1/C(=O)Nc2ccc(F)cc21)C(=O)O. The van der Waals surface area contributed by atoms with E-state index in [-0.39, 0.29) is 12.5 Å². The van der Waals surface area contributed by atoms with Crippen molar-refractivity contribution in [2.24, 2.45) is 10.7 Å². The van der Waals surface area contributed by atoms with Crippen LogP contribution in [0.4, 0.5) is 10.1 Å². The first-order chi connectivity index (χ1) is 16.7. The second-order valence-corrected chi connectivity index (χ2v) is 8.68. The average Bonchev–Trinajstić information content (AvgIpc) is 3.36. The zero-order valence-electron chi connectivity index (χ0n) is 19.6. The summed E-state index contributed by atoms with van der Waals surface area (Å²) in [4.78, 5) is 30.1. The molecule has 2 heterocycles. The highest BCUT2D eigenvalue weighted by molar-refractivity contribution is 6.36. The van der Waals surface area contributed by atoms with E-state index in [1.165, 1.54) is 18.2 Å². The standard InChI is InChI=1S/C25H28FN5O4/c1-31(2)25(27)28-9-3-4-20(24(33)34)29-12-14-5-7-17-15(10-14)13-35-22(17)21-18-11-16(26)6-8-19(18)30-23(21)32/h5-8,10-11,20,29H,3-4,9,12-13H2,1-2H3,(H2,27,28)(H,30,32)(H,33,34)/b22-21+/t20-/m0/s1. The van der Waals surface area contributed by atoms with Gasteiger partial charge in [-0.05, 0) is 36.6 Å². The summed E-state index contributed by atoms with van der Waals surface area (Å²) >= 11 is 0. The van der Waals surface area contributed by atoms with Crippen molar-refractivity contribution in [1.82, 2.24) is 10.2 Å². The number of nitrogens with one attached hydrogen (secondary N) is 2. The molecule has 10 heteroatoms. The van der Waals surface area contributed by atoms with Crippen molar-refractivity contribution in [3.63, 3.8) is 0 Å². The van der Waals surface area contributed by atoms with E-state index < -0.39 is 17.8 Å². The second-order valence-electron chi connectivity index (χ2n) is 8.68. The third-order valence-electron chi connectivity index (χ3n) is 5.97. The van der Waals surface area contributed by atoms with Crippen LogP contribution < -0.4 is 16.4 Å². The molecule has 5 N–H and O–H groups in total. The Morgan fingerprint density at radius 2 is 2.09 bits per heavy atom. The van der Waals surface area contributed by atoms with Crippen LogP contribution >= 0.6 is 0 Å². The van der Waals surface area contributed by atoms with Crippen LogP contribution in [0.15, 0.2) is 41.4 Å². The number of nitrogens with two attached hydrogens (primary N) is 1. The van der Waals surface area contributed by atoms with Crippen LogP contribution in [0.25, 0.3) is 11.3 Å². The summed E-state index contributed by atoms with van der Waals surface area (Å²) in [5.74, 6) is -0.867. The molecule has 2 aliphatic heterocycles. The van der Waals surface area contributed by atoms with Gasteiger partial charge in [0.05, 0.1) is 5.57 Å². The van der Waals surface area contributed by atoms with E-state index in [9.17, 15) is 19.1 Å². The lowest BCUT2D eigenvalue weighted by atomic mass is 9.99. The number of ether oxygens (including phenoxy) is 1. The summed E-state index contributed by atoms with van der Waals surface area (Å²) in [5, 5.41) is 15.4. The number of benzene rings is 2. The number of hydrogen-bond acceptors (Lipinski definition) is 5. The second kappa shape index (κ2) is 10.1. The normalized spacial score (nSPS) is 17.5.